The third-order valence-corrected chi connectivity index (χ3v) is 2.19. The molecule has 2 rings (SSSR count). The minimum atomic E-state index is 0.0633. The standard InChI is InChI=1S/C9H10N2O2/c12-8-1-6(3-10-5-8)7-2-9(13)11-4-7/h1,3,5,7,12H,2,4H2,(H,11,13). The fourth-order valence-corrected chi connectivity index (χ4v) is 1.51. The van der Waals surface area contributed by atoms with Gasteiger partial charge in [-0.2, -0.15) is 0 Å². The summed E-state index contributed by atoms with van der Waals surface area (Å²) < 4.78 is 0. The highest BCUT2D eigenvalue weighted by atomic mass is 16.3. The molecule has 13 heavy (non-hydrogen) atoms. The monoisotopic (exact) mass is 178 g/mol. The fourth-order valence-electron chi connectivity index (χ4n) is 1.51. The van der Waals surface area contributed by atoms with Gasteiger partial charge in [0.2, 0.25) is 5.91 Å². The first-order valence-corrected chi connectivity index (χ1v) is 4.16. The van der Waals surface area contributed by atoms with Crippen LogP contribution in [0.25, 0.3) is 0 Å². The van der Waals surface area contributed by atoms with E-state index in [0.717, 1.165) is 5.56 Å². The Labute approximate surface area is 75.6 Å². The molecule has 1 unspecified atom stereocenters. The van der Waals surface area contributed by atoms with Gasteiger partial charge < -0.3 is 10.4 Å². The SMILES string of the molecule is O=C1CC(c2cncc(O)c2)CN1. The van der Waals surface area contributed by atoms with Crippen molar-refractivity contribution < 1.29 is 9.90 Å². The number of hydrogen-bond donors (Lipinski definition) is 2. The van der Waals surface area contributed by atoms with Crippen molar-refractivity contribution in [1.82, 2.24) is 10.3 Å². The molecule has 0 spiro atoms. The Morgan fingerprint density at radius 1 is 1.54 bits per heavy atom. The van der Waals surface area contributed by atoms with E-state index in [-0.39, 0.29) is 17.6 Å². The van der Waals surface area contributed by atoms with Gasteiger partial charge >= 0.3 is 0 Å². The minimum absolute atomic E-state index is 0.0633. The molecule has 1 amide bonds. The summed E-state index contributed by atoms with van der Waals surface area (Å²) in [5.41, 5.74) is 0.915. The van der Waals surface area contributed by atoms with Crippen LogP contribution in [0.3, 0.4) is 0 Å². The molecule has 0 bridgehead atoms. The Kier molecular flexibility index (Phi) is 1.88. The molecule has 1 atom stereocenters. The average molecular weight is 178 g/mol. The van der Waals surface area contributed by atoms with Gasteiger partial charge in [0.05, 0.1) is 6.20 Å². The normalized spacial score (nSPS) is 21.5. The van der Waals surface area contributed by atoms with Gasteiger partial charge in [0, 0.05) is 25.1 Å². The number of carbonyl (C=O) groups is 1. The molecule has 1 aliphatic heterocycles. The molecule has 2 N–H and O–H groups in total. The lowest BCUT2D eigenvalue weighted by molar-refractivity contribution is -0.119. The van der Waals surface area contributed by atoms with Crippen LogP contribution >= 0.6 is 0 Å². The van der Waals surface area contributed by atoms with Crippen LogP contribution in [0.15, 0.2) is 18.5 Å². The maximum atomic E-state index is 10.9. The Morgan fingerprint density at radius 2 is 2.38 bits per heavy atom. The smallest absolute Gasteiger partial charge is 0.220 e. The minimum Gasteiger partial charge on any atom is -0.506 e. The summed E-state index contributed by atoms with van der Waals surface area (Å²) in [4.78, 5) is 14.8. The van der Waals surface area contributed by atoms with E-state index in [9.17, 15) is 9.90 Å². The molecular weight excluding hydrogens is 168 g/mol. The van der Waals surface area contributed by atoms with Gasteiger partial charge in [-0.15, -0.1) is 0 Å². The lowest BCUT2D eigenvalue weighted by Crippen LogP contribution is -2.13. The van der Waals surface area contributed by atoms with E-state index in [2.05, 4.69) is 10.3 Å². The summed E-state index contributed by atoms with van der Waals surface area (Å²) in [5.74, 6) is 0.372. The zero-order chi connectivity index (χ0) is 9.26. The van der Waals surface area contributed by atoms with Crippen LogP contribution in [-0.4, -0.2) is 22.5 Å². The van der Waals surface area contributed by atoms with Gasteiger partial charge in [0.25, 0.3) is 0 Å². The molecule has 0 saturated carbocycles. The summed E-state index contributed by atoms with van der Waals surface area (Å²) >= 11 is 0. The topological polar surface area (TPSA) is 62.2 Å². The first-order valence-electron chi connectivity index (χ1n) is 4.16. The van der Waals surface area contributed by atoms with Crippen molar-refractivity contribution >= 4 is 5.91 Å². The Morgan fingerprint density at radius 3 is 3.00 bits per heavy atom. The van der Waals surface area contributed by atoms with E-state index in [1.807, 2.05) is 0 Å². The van der Waals surface area contributed by atoms with E-state index in [1.165, 1.54) is 6.20 Å². The van der Waals surface area contributed by atoms with Gasteiger partial charge in [-0.25, -0.2) is 0 Å². The van der Waals surface area contributed by atoms with Gasteiger partial charge in [0.1, 0.15) is 5.75 Å². The molecule has 4 heteroatoms. The second-order valence-corrected chi connectivity index (χ2v) is 3.18. The molecule has 0 aliphatic carbocycles. The van der Waals surface area contributed by atoms with E-state index in [0.29, 0.717) is 13.0 Å². The zero-order valence-corrected chi connectivity index (χ0v) is 7.03. The molecule has 4 nitrogen and oxygen atoms in total. The first kappa shape index (κ1) is 8.04. The van der Waals surface area contributed by atoms with Crippen molar-refractivity contribution in [3.8, 4) is 5.75 Å². The number of amides is 1. The predicted molar refractivity (Wildman–Crippen MR) is 46.3 cm³/mol. The fraction of sp³-hybridized carbons (Fsp3) is 0.333. The first-order chi connectivity index (χ1) is 6.25. The molecule has 1 fully saturated rings. The summed E-state index contributed by atoms with van der Waals surface area (Å²) in [6.07, 6.45) is 3.56. The van der Waals surface area contributed by atoms with E-state index in [4.69, 9.17) is 0 Å². The van der Waals surface area contributed by atoms with Crippen LogP contribution in [0.5, 0.6) is 5.75 Å². The van der Waals surface area contributed by atoms with Crippen molar-refractivity contribution in [2.75, 3.05) is 6.54 Å². The van der Waals surface area contributed by atoms with E-state index >= 15 is 0 Å². The number of pyridine rings is 1. The van der Waals surface area contributed by atoms with Gasteiger partial charge in [-0.3, -0.25) is 9.78 Å². The quantitative estimate of drug-likeness (QED) is 0.654. The highest BCUT2D eigenvalue weighted by molar-refractivity contribution is 5.79. The molecule has 68 valence electrons. The van der Waals surface area contributed by atoms with Crippen LogP contribution in [0.1, 0.15) is 17.9 Å². The molecule has 1 aromatic rings. The van der Waals surface area contributed by atoms with Crippen LogP contribution in [-0.2, 0) is 4.79 Å². The van der Waals surface area contributed by atoms with Crippen molar-refractivity contribution in [2.24, 2.45) is 0 Å². The van der Waals surface area contributed by atoms with Crippen molar-refractivity contribution in [2.45, 2.75) is 12.3 Å². The number of rotatable bonds is 1. The Bertz CT molecular complexity index is 338. The molecule has 1 aromatic heterocycles. The summed E-state index contributed by atoms with van der Waals surface area (Å²) in [6.45, 7) is 0.643. The lowest BCUT2D eigenvalue weighted by Gasteiger charge is -2.06. The second-order valence-electron chi connectivity index (χ2n) is 3.18. The lowest BCUT2D eigenvalue weighted by atomic mass is 10.0. The third-order valence-electron chi connectivity index (χ3n) is 2.19. The van der Waals surface area contributed by atoms with Crippen molar-refractivity contribution in [3.63, 3.8) is 0 Å². The summed E-state index contributed by atoms with van der Waals surface area (Å²) in [7, 11) is 0. The van der Waals surface area contributed by atoms with Gasteiger partial charge in [0.15, 0.2) is 0 Å². The number of nitrogens with one attached hydrogen (secondary N) is 1. The predicted octanol–water partition coefficient (Wildman–Crippen LogP) is 0.391. The summed E-state index contributed by atoms with van der Waals surface area (Å²) in [5, 5.41) is 11.9. The van der Waals surface area contributed by atoms with Gasteiger partial charge in [-0.1, -0.05) is 0 Å². The van der Waals surface area contributed by atoms with Gasteiger partial charge in [-0.05, 0) is 11.6 Å². The number of nitrogens with zero attached hydrogens (tertiary/aromatic N) is 1. The Hall–Kier alpha value is -1.58. The molecular formula is C9H10N2O2. The van der Waals surface area contributed by atoms with E-state index < -0.39 is 0 Å². The number of hydrogen-bond acceptors (Lipinski definition) is 3. The van der Waals surface area contributed by atoms with Crippen molar-refractivity contribution in [1.29, 1.82) is 0 Å². The average Bonchev–Trinajstić information content (AvgIpc) is 2.52. The van der Waals surface area contributed by atoms with Crippen molar-refractivity contribution in [3.05, 3.63) is 24.0 Å². The molecule has 1 aliphatic rings. The molecule has 1 saturated heterocycles. The zero-order valence-electron chi connectivity index (χ0n) is 7.03. The number of aromatic hydroxyl groups is 1. The highest BCUT2D eigenvalue weighted by Crippen LogP contribution is 2.24. The maximum Gasteiger partial charge on any atom is 0.220 e. The molecule has 0 aromatic carbocycles. The second kappa shape index (κ2) is 3.05. The molecule has 0 radical (unpaired) electrons. The Balaban J connectivity index is 2.21. The van der Waals surface area contributed by atoms with E-state index in [1.54, 1.807) is 12.3 Å². The number of aromatic nitrogens is 1. The van der Waals surface area contributed by atoms with Crippen LogP contribution < -0.4 is 5.32 Å². The highest BCUT2D eigenvalue weighted by Gasteiger charge is 2.23. The number of carbonyl (C=O) groups excluding carboxylic acids is 1. The largest absolute Gasteiger partial charge is 0.506 e. The van der Waals surface area contributed by atoms with Crippen LogP contribution in [0, 0.1) is 0 Å². The third kappa shape index (κ3) is 1.61. The molecule has 2 heterocycles. The van der Waals surface area contributed by atoms with Crippen LogP contribution in [0.4, 0.5) is 0 Å². The summed E-state index contributed by atoms with van der Waals surface area (Å²) in [6, 6.07) is 1.65. The van der Waals surface area contributed by atoms with Crippen LogP contribution in [0.2, 0.25) is 0 Å². The maximum absolute atomic E-state index is 10.9.